The van der Waals surface area contributed by atoms with E-state index in [0.29, 0.717) is 5.69 Å². The summed E-state index contributed by atoms with van der Waals surface area (Å²) in [4.78, 5) is 10.4. The Labute approximate surface area is 140 Å². The highest BCUT2D eigenvalue weighted by Gasteiger charge is 2.07. The molecule has 3 rings (SSSR count). The molecule has 0 aliphatic carbocycles. The van der Waals surface area contributed by atoms with Crippen LogP contribution in [0.5, 0.6) is 0 Å². The van der Waals surface area contributed by atoms with Crippen LogP contribution in [-0.4, -0.2) is 4.92 Å². The summed E-state index contributed by atoms with van der Waals surface area (Å²) in [5.41, 5.74) is 10.6. The minimum Gasteiger partial charge on any atom is -0.399 e. The van der Waals surface area contributed by atoms with Crippen molar-refractivity contribution in [2.45, 2.75) is 0 Å². The molecular weight excluding hydrogens is 300 g/mol. The normalized spacial score (nSPS) is 11.2. The first-order chi connectivity index (χ1) is 11.6. The molecule has 0 heterocycles. The molecule has 4 heteroatoms. The van der Waals surface area contributed by atoms with E-state index in [0.717, 1.165) is 22.3 Å². The molecule has 0 aromatic heterocycles. The van der Waals surface area contributed by atoms with Gasteiger partial charge < -0.3 is 5.73 Å². The SMILES string of the molecule is Nc1ccc(/C(=C/c2ccc([N+](=O)[O-])cc2)c2ccccc2)cc1. The highest BCUT2D eigenvalue weighted by atomic mass is 16.6. The van der Waals surface area contributed by atoms with E-state index in [1.807, 2.05) is 60.7 Å². The van der Waals surface area contributed by atoms with E-state index in [1.54, 1.807) is 12.1 Å². The van der Waals surface area contributed by atoms with Gasteiger partial charge in [-0.3, -0.25) is 10.1 Å². The number of anilines is 1. The van der Waals surface area contributed by atoms with Crippen LogP contribution in [0.4, 0.5) is 11.4 Å². The minimum atomic E-state index is -0.397. The second-order valence-corrected chi connectivity index (χ2v) is 5.39. The Balaban J connectivity index is 2.07. The number of nitro benzene ring substituents is 1. The molecular formula is C20H16N2O2. The Morgan fingerprint density at radius 3 is 2.00 bits per heavy atom. The van der Waals surface area contributed by atoms with Crippen molar-refractivity contribution >= 4 is 23.0 Å². The zero-order valence-corrected chi connectivity index (χ0v) is 12.9. The monoisotopic (exact) mass is 316 g/mol. The van der Waals surface area contributed by atoms with Gasteiger partial charge in [0.1, 0.15) is 0 Å². The van der Waals surface area contributed by atoms with Crippen molar-refractivity contribution < 1.29 is 4.92 Å². The van der Waals surface area contributed by atoms with E-state index in [4.69, 9.17) is 5.73 Å². The van der Waals surface area contributed by atoms with E-state index in [-0.39, 0.29) is 5.69 Å². The predicted molar refractivity (Wildman–Crippen MR) is 97.4 cm³/mol. The van der Waals surface area contributed by atoms with Gasteiger partial charge in [-0.1, -0.05) is 42.5 Å². The number of benzene rings is 3. The number of hydrogen-bond acceptors (Lipinski definition) is 3. The van der Waals surface area contributed by atoms with Crippen LogP contribution in [-0.2, 0) is 0 Å². The molecule has 0 unspecified atom stereocenters. The number of nitro groups is 1. The van der Waals surface area contributed by atoms with E-state index in [9.17, 15) is 10.1 Å². The summed E-state index contributed by atoms with van der Waals surface area (Å²) >= 11 is 0. The topological polar surface area (TPSA) is 69.2 Å². The van der Waals surface area contributed by atoms with Crippen molar-refractivity contribution in [3.63, 3.8) is 0 Å². The van der Waals surface area contributed by atoms with Crippen LogP contribution >= 0.6 is 0 Å². The highest BCUT2D eigenvalue weighted by Crippen LogP contribution is 2.27. The smallest absolute Gasteiger partial charge is 0.269 e. The molecule has 0 radical (unpaired) electrons. The van der Waals surface area contributed by atoms with Crippen LogP contribution in [0.2, 0.25) is 0 Å². The number of nitrogens with two attached hydrogens (primary N) is 1. The molecule has 0 spiro atoms. The zero-order chi connectivity index (χ0) is 16.9. The third-order valence-corrected chi connectivity index (χ3v) is 3.72. The molecule has 0 fully saturated rings. The van der Waals surface area contributed by atoms with E-state index >= 15 is 0 Å². The van der Waals surface area contributed by atoms with Gasteiger partial charge in [0.25, 0.3) is 5.69 Å². The molecule has 0 aliphatic rings. The Morgan fingerprint density at radius 1 is 0.833 bits per heavy atom. The highest BCUT2D eigenvalue weighted by molar-refractivity contribution is 5.91. The van der Waals surface area contributed by atoms with Crippen molar-refractivity contribution in [1.82, 2.24) is 0 Å². The Morgan fingerprint density at radius 2 is 1.42 bits per heavy atom. The lowest BCUT2D eigenvalue weighted by Crippen LogP contribution is -1.91. The lowest BCUT2D eigenvalue weighted by atomic mass is 9.95. The minimum absolute atomic E-state index is 0.0842. The zero-order valence-electron chi connectivity index (χ0n) is 12.9. The van der Waals surface area contributed by atoms with Gasteiger partial charge in [-0.15, -0.1) is 0 Å². The van der Waals surface area contributed by atoms with Crippen molar-refractivity contribution in [2.24, 2.45) is 0 Å². The van der Waals surface area contributed by atoms with Gasteiger partial charge in [0, 0.05) is 17.8 Å². The summed E-state index contributed by atoms with van der Waals surface area (Å²) in [6.45, 7) is 0. The number of nitrogens with zero attached hydrogens (tertiary/aromatic N) is 1. The molecule has 0 saturated heterocycles. The Bertz CT molecular complexity index is 868. The maximum absolute atomic E-state index is 10.8. The second-order valence-electron chi connectivity index (χ2n) is 5.39. The Hall–Kier alpha value is -3.40. The molecule has 118 valence electrons. The summed E-state index contributed by atoms with van der Waals surface area (Å²) in [6.07, 6.45) is 2.02. The lowest BCUT2D eigenvalue weighted by Gasteiger charge is -2.09. The van der Waals surface area contributed by atoms with Crippen LogP contribution in [0.25, 0.3) is 11.6 Å². The fourth-order valence-electron chi connectivity index (χ4n) is 2.47. The molecule has 2 N–H and O–H groups in total. The van der Waals surface area contributed by atoms with Gasteiger partial charge >= 0.3 is 0 Å². The van der Waals surface area contributed by atoms with E-state index < -0.39 is 4.92 Å². The molecule has 0 bridgehead atoms. The van der Waals surface area contributed by atoms with Crippen LogP contribution in [0.15, 0.2) is 78.9 Å². The molecule has 0 atom stereocenters. The van der Waals surface area contributed by atoms with Crippen molar-refractivity contribution in [3.8, 4) is 0 Å². The molecule has 24 heavy (non-hydrogen) atoms. The summed E-state index contributed by atoms with van der Waals surface area (Å²) in [5, 5.41) is 10.8. The largest absolute Gasteiger partial charge is 0.399 e. The average Bonchev–Trinajstić information content (AvgIpc) is 2.62. The van der Waals surface area contributed by atoms with E-state index in [1.165, 1.54) is 12.1 Å². The van der Waals surface area contributed by atoms with Gasteiger partial charge in [-0.05, 0) is 52.6 Å². The fourth-order valence-corrected chi connectivity index (χ4v) is 2.47. The van der Waals surface area contributed by atoms with Crippen molar-refractivity contribution in [3.05, 3.63) is 106 Å². The van der Waals surface area contributed by atoms with Crippen molar-refractivity contribution in [1.29, 1.82) is 0 Å². The number of rotatable bonds is 4. The van der Waals surface area contributed by atoms with Crippen LogP contribution in [0.3, 0.4) is 0 Å². The summed E-state index contributed by atoms with van der Waals surface area (Å²) in [7, 11) is 0. The summed E-state index contributed by atoms with van der Waals surface area (Å²) < 4.78 is 0. The maximum Gasteiger partial charge on any atom is 0.269 e. The van der Waals surface area contributed by atoms with E-state index in [2.05, 4.69) is 0 Å². The maximum atomic E-state index is 10.8. The molecule has 0 amide bonds. The molecule has 4 nitrogen and oxygen atoms in total. The van der Waals surface area contributed by atoms with Gasteiger partial charge in [0.05, 0.1) is 4.92 Å². The standard InChI is InChI=1S/C20H16N2O2/c21-18-10-8-17(9-11-18)20(16-4-2-1-3-5-16)14-15-6-12-19(13-7-15)22(23)24/h1-14H,21H2/b20-14+. The number of nitrogen functional groups attached to an aromatic ring is 1. The predicted octanol–water partition coefficient (Wildman–Crippen LogP) is 4.77. The first kappa shape index (κ1) is 15.5. The van der Waals surface area contributed by atoms with Gasteiger partial charge in [0.15, 0.2) is 0 Å². The summed E-state index contributed by atoms with van der Waals surface area (Å²) in [5.74, 6) is 0. The van der Waals surface area contributed by atoms with Crippen LogP contribution < -0.4 is 5.73 Å². The van der Waals surface area contributed by atoms with Gasteiger partial charge in [-0.25, -0.2) is 0 Å². The Kier molecular flexibility index (Phi) is 4.38. The third-order valence-electron chi connectivity index (χ3n) is 3.72. The third kappa shape index (κ3) is 3.50. The first-order valence-corrected chi connectivity index (χ1v) is 7.51. The van der Waals surface area contributed by atoms with Gasteiger partial charge in [0.2, 0.25) is 0 Å². The van der Waals surface area contributed by atoms with Crippen LogP contribution in [0.1, 0.15) is 16.7 Å². The first-order valence-electron chi connectivity index (χ1n) is 7.51. The molecule has 0 saturated carbocycles. The molecule has 0 aliphatic heterocycles. The lowest BCUT2D eigenvalue weighted by molar-refractivity contribution is -0.384. The summed E-state index contributed by atoms with van der Waals surface area (Å²) in [6, 6.07) is 24.2. The number of non-ortho nitro benzene ring substituents is 1. The number of hydrogen-bond donors (Lipinski definition) is 1. The average molecular weight is 316 g/mol. The van der Waals surface area contributed by atoms with Crippen LogP contribution in [0, 0.1) is 10.1 Å². The fraction of sp³-hybridized carbons (Fsp3) is 0. The van der Waals surface area contributed by atoms with Gasteiger partial charge in [-0.2, -0.15) is 0 Å². The quantitative estimate of drug-likeness (QED) is 0.326. The second kappa shape index (κ2) is 6.79. The molecule has 3 aromatic carbocycles. The van der Waals surface area contributed by atoms with Crippen molar-refractivity contribution in [2.75, 3.05) is 5.73 Å². The molecule has 3 aromatic rings.